The molecular weight excluding hydrogens is 387 g/mol. The van der Waals surface area contributed by atoms with Gasteiger partial charge in [-0.15, -0.1) is 0 Å². The van der Waals surface area contributed by atoms with E-state index < -0.39 is 27.5 Å². The average Bonchev–Trinajstić information content (AvgIpc) is 2.61. The summed E-state index contributed by atoms with van der Waals surface area (Å²) in [6.07, 6.45) is -4.61. The van der Waals surface area contributed by atoms with Gasteiger partial charge in [-0.2, -0.15) is 13.2 Å². The van der Waals surface area contributed by atoms with Crippen molar-refractivity contribution in [3.8, 4) is 17.2 Å². The summed E-state index contributed by atoms with van der Waals surface area (Å²) in [7, 11) is -1.22. The van der Waals surface area contributed by atoms with Crippen LogP contribution in [0.3, 0.4) is 0 Å². The Morgan fingerprint density at radius 2 is 1.59 bits per heavy atom. The van der Waals surface area contributed by atoms with Gasteiger partial charge in [0.15, 0.2) is 0 Å². The minimum Gasteiger partial charge on any atom is -0.497 e. The van der Waals surface area contributed by atoms with E-state index in [1.165, 1.54) is 14.2 Å². The first-order valence-electron chi connectivity index (χ1n) is 7.67. The van der Waals surface area contributed by atoms with Crippen LogP contribution in [0.1, 0.15) is 5.56 Å². The number of ether oxygens (including phenoxy) is 3. The van der Waals surface area contributed by atoms with E-state index in [9.17, 15) is 21.6 Å². The first-order valence-corrected chi connectivity index (χ1v) is 9.32. The van der Waals surface area contributed by atoms with E-state index >= 15 is 0 Å². The molecule has 0 aromatic heterocycles. The fraction of sp³-hybridized carbons (Fsp3) is 0.294. The summed E-state index contributed by atoms with van der Waals surface area (Å²) in [5.41, 5.74) is -1.28. The summed E-state index contributed by atoms with van der Waals surface area (Å²) in [4.78, 5) is 0. The predicted molar refractivity (Wildman–Crippen MR) is 93.9 cm³/mol. The van der Waals surface area contributed by atoms with Crippen molar-refractivity contribution in [3.05, 3.63) is 48.0 Å². The number of anilines is 1. The molecule has 0 heterocycles. The minimum atomic E-state index is -4.61. The molecule has 0 saturated heterocycles. The van der Waals surface area contributed by atoms with Gasteiger partial charge in [0.25, 0.3) is 0 Å². The Kier molecular flexibility index (Phi) is 6.42. The average molecular weight is 405 g/mol. The first kappa shape index (κ1) is 20.7. The molecule has 0 unspecified atom stereocenters. The monoisotopic (exact) mass is 405 g/mol. The molecule has 0 amide bonds. The van der Waals surface area contributed by atoms with E-state index in [1.54, 1.807) is 24.3 Å². The van der Waals surface area contributed by atoms with E-state index in [0.29, 0.717) is 17.6 Å². The van der Waals surface area contributed by atoms with Gasteiger partial charge in [0.05, 0.1) is 25.5 Å². The van der Waals surface area contributed by atoms with Crippen LogP contribution in [0.5, 0.6) is 17.2 Å². The topological polar surface area (TPSA) is 73.9 Å². The third-order valence-corrected chi connectivity index (χ3v) is 4.71. The molecule has 0 saturated carbocycles. The number of nitrogens with one attached hydrogen (secondary N) is 1. The molecule has 2 aromatic carbocycles. The Hall–Kier alpha value is -2.62. The molecule has 27 heavy (non-hydrogen) atoms. The van der Waals surface area contributed by atoms with Crippen LogP contribution in [0.2, 0.25) is 0 Å². The van der Waals surface area contributed by atoms with Crippen LogP contribution in [0.25, 0.3) is 0 Å². The predicted octanol–water partition coefficient (Wildman–Crippen LogP) is 3.54. The van der Waals surface area contributed by atoms with E-state index in [-0.39, 0.29) is 18.0 Å². The van der Waals surface area contributed by atoms with E-state index in [4.69, 9.17) is 14.2 Å². The second-order valence-electron chi connectivity index (χ2n) is 5.36. The lowest BCUT2D eigenvalue weighted by atomic mass is 10.2. The Morgan fingerprint density at radius 3 is 2.15 bits per heavy atom. The number of hydrogen-bond donors (Lipinski definition) is 1. The number of methoxy groups -OCH3 is 2. The highest BCUT2D eigenvalue weighted by Crippen LogP contribution is 2.35. The fourth-order valence-corrected chi connectivity index (χ4v) is 3.02. The van der Waals surface area contributed by atoms with Gasteiger partial charge in [0.1, 0.15) is 29.6 Å². The fourth-order valence-electron chi connectivity index (χ4n) is 2.12. The van der Waals surface area contributed by atoms with Crippen LogP contribution in [-0.4, -0.2) is 35.0 Å². The van der Waals surface area contributed by atoms with Gasteiger partial charge in [0.2, 0.25) is 10.0 Å². The van der Waals surface area contributed by atoms with E-state index in [2.05, 4.69) is 4.72 Å². The maximum Gasteiger partial charge on any atom is 0.416 e. The van der Waals surface area contributed by atoms with Crippen molar-refractivity contribution < 1.29 is 35.8 Å². The van der Waals surface area contributed by atoms with Crippen LogP contribution in [0, 0.1) is 0 Å². The molecule has 10 heteroatoms. The Morgan fingerprint density at radius 1 is 0.963 bits per heavy atom. The van der Waals surface area contributed by atoms with Crippen molar-refractivity contribution >= 4 is 15.7 Å². The smallest absolute Gasteiger partial charge is 0.416 e. The van der Waals surface area contributed by atoms with E-state index in [0.717, 1.165) is 12.1 Å². The third-order valence-electron chi connectivity index (χ3n) is 3.47. The maximum atomic E-state index is 12.8. The molecule has 0 fully saturated rings. The zero-order valence-electron chi connectivity index (χ0n) is 14.5. The number of sulfonamides is 1. The summed E-state index contributed by atoms with van der Waals surface area (Å²) >= 11 is 0. The van der Waals surface area contributed by atoms with Gasteiger partial charge in [0, 0.05) is 0 Å². The highest BCUT2D eigenvalue weighted by atomic mass is 32.2. The second-order valence-corrected chi connectivity index (χ2v) is 7.20. The molecule has 0 radical (unpaired) electrons. The Bertz CT molecular complexity index is 867. The molecule has 0 aliphatic carbocycles. The van der Waals surface area contributed by atoms with Crippen molar-refractivity contribution in [2.24, 2.45) is 0 Å². The zero-order valence-corrected chi connectivity index (χ0v) is 15.4. The lowest BCUT2D eigenvalue weighted by Gasteiger charge is -2.15. The molecular formula is C17H18F3NO5S. The number of benzene rings is 2. The molecule has 1 N–H and O–H groups in total. The SMILES string of the molecule is COc1ccc(OCCS(=O)(=O)Nc2cc(C(F)(F)F)ccc2OC)cc1. The highest BCUT2D eigenvalue weighted by Gasteiger charge is 2.31. The first-order chi connectivity index (χ1) is 12.6. The summed E-state index contributed by atoms with van der Waals surface area (Å²) in [5.74, 6) is 0.567. The molecule has 0 spiro atoms. The molecule has 0 aliphatic heterocycles. The second kappa shape index (κ2) is 8.38. The molecule has 0 bridgehead atoms. The Balaban J connectivity index is 2.04. The van der Waals surface area contributed by atoms with Crippen LogP contribution < -0.4 is 18.9 Å². The van der Waals surface area contributed by atoms with Gasteiger partial charge >= 0.3 is 6.18 Å². The molecule has 0 aliphatic rings. The van der Waals surface area contributed by atoms with Gasteiger partial charge in [-0.25, -0.2) is 8.42 Å². The van der Waals surface area contributed by atoms with E-state index in [1.807, 2.05) is 0 Å². The van der Waals surface area contributed by atoms with Crippen LogP contribution in [-0.2, 0) is 16.2 Å². The number of halogens is 3. The highest BCUT2D eigenvalue weighted by molar-refractivity contribution is 7.92. The molecule has 2 aromatic rings. The van der Waals surface area contributed by atoms with Gasteiger partial charge in [-0.3, -0.25) is 4.72 Å². The number of alkyl halides is 3. The van der Waals surface area contributed by atoms with Crippen molar-refractivity contribution in [2.45, 2.75) is 6.18 Å². The standard InChI is InChI=1S/C17H18F3NO5S/c1-24-13-4-6-14(7-5-13)26-9-10-27(22,23)21-15-11-12(17(18,19)20)3-8-16(15)25-2/h3-8,11,21H,9-10H2,1-2H3. The van der Waals surface area contributed by atoms with Crippen molar-refractivity contribution in [3.63, 3.8) is 0 Å². The minimum absolute atomic E-state index is 0.0253. The van der Waals surface area contributed by atoms with Crippen LogP contribution >= 0.6 is 0 Å². The third kappa shape index (κ3) is 5.95. The van der Waals surface area contributed by atoms with Crippen molar-refractivity contribution in [2.75, 3.05) is 31.3 Å². The summed E-state index contributed by atoms with van der Waals surface area (Å²) in [6, 6.07) is 9.05. The Labute approximate surface area is 154 Å². The molecule has 2 rings (SSSR count). The number of hydrogen-bond acceptors (Lipinski definition) is 5. The summed E-state index contributed by atoms with van der Waals surface area (Å²) < 4.78 is 80.2. The zero-order chi connectivity index (χ0) is 20.1. The van der Waals surface area contributed by atoms with Crippen molar-refractivity contribution in [1.82, 2.24) is 0 Å². The van der Waals surface area contributed by atoms with Crippen LogP contribution in [0.4, 0.5) is 18.9 Å². The summed E-state index contributed by atoms with van der Waals surface area (Å²) in [6.45, 7) is -0.192. The molecule has 0 atom stereocenters. The maximum absolute atomic E-state index is 12.8. The van der Waals surface area contributed by atoms with Gasteiger partial charge < -0.3 is 14.2 Å². The quantitative estimate of drug-likeness (QED) is 0.727. The van der Waals surface area contributed by atoms with Gasteiger partial charge in [-0.05, 0) is 42.5 Å². The number of rotatable bonds is 8. The lowest BCUT2D eigenvalue weighted by molar-refractivity contribution is -0.137. The van der Waals surface area contributed by atoms with Gasteiger partial charge in [-0.1, -0.05) is 0 Å². The summed E-state index contributed by atoms with van der Waals surface area (Å²) in [5, 5.41) is 0. The normalized spacial score (nSPS) is 11.7. The molecule has 6 nitrogen and oxygen atoms in total. The molecule has 148 valence electrons. The van der Waals surface area contributed by atoms with Crippen molar-refractivity contribution in [1.29, 1.82) is 0 Å². The largest absolute Gasteiger partial charge is 0.497 e. The van der Waals surface area contributed by atoms with Crippen LogP contribution in [0.15, 0.2) is 42.5 Å². The lowest BCUT2D eigenvalue weighted by Crippen LogP contribution is -2.22.